The first kappa shape index (κ1) is 13.1. The summed E-state index contributed by atoms with van der Waals surface area (Å²) in [5, 5.41) is 0. The minimum absolute atomic E-state index is 0.246. The molecular formula is C14H21N3O. The molecule has 2 unspecified atom stereocenters. The molecule has 1 amide bonds. The first-order valence-corrected chi connectivity index (χ1v) is 6.44. The van der Waals surface area contributed by atoms with Crippen molar-refractivity contribution in [2.24, 2.45) is 11.8 Å². The standard InChI is InChI=1S/C14H21N3O/c1-10-7-11(2)17(8-10)9-12-3-5-13(6-4-12)14(18)16-15/h3-6,10-11H,7-9,15H2,1-2H3,(H,16,18). The molecule has 0 saturated carbocycles. The Hall–Kier alpha value is -1.39. The third kappa shape index (κ3) is 2.89. The Bertz CT molecular complexity index is 416. The first-order valence-electron chi connectivity index (χ1n) is 6.44. The fourth-order valence-corrected chi connectivity index (χ4v) is 2.69. The molecule has 0 aliphatic carbocycles. The van der Waals surface area contributed by atoms with Crippen molar-refractivity contribution < 1.29 is 4.79 Å². The third-order valence-electron chi connectivity index (χ3n) is 3.65. The molecular weight excluding hydrogens is 226 g/mol. The van der Waals surface area contributed by atoms with Gasteiger partial charge in [-0.25, -0.2) is 5.84 Å². The van der Waals surface area contributed by atoms with Gasteiger partial charge >= 0.3 is 0 Å². The number of likely N-dealkylation sites (tertiary alicyclic amines) is 1. The fourth-order valence-electron chi connectivity index (χ4n) is 2.69. The average Bonchev–Trinajstić information content (AvgIpc) is 2.68. The summed E-state index contributed by atoms with van der Waals surface area (Å²) in [7, 11) is 0. The van der Waals surface area contributed by atoms with Gasteiger partial charge in [-0.1, -0.05) is 19.1 Å². The van der Waals surface area contributed by atoms with Crippen LogP contribution >= 0.6 is 0 Å². The number of nitrogens with two attached hydrogens (primary N) is 1. The van der Waals surface area contributed by atoms with E-state index in [4.69, 9.17) is 5.84 Å². The van der Waals surface area contributed by atoms with E-state index in [1.54, 1.807) is 0 Å². The number of nitrogens with one attached hydrogen (secondary N) is 1. The summed E-state index contributed by atoms with van der Waals surface area (Å²) in [6.45, 7) is 6.69. The van der Waals surface area contributed by atoms with Gasteiger partial charge in [0.05, 0.1) is 0 Å². The number of hydrogen-bond acceptors (Lipinski definition) is 3. The van der Waals surface area contributed by atoms with E-state index in [0.717, 1.165) is 19.0 Å². The summed E-state index contributed by atoms with van der Waals surface area (Å²) in [6, 6.07) is 8.29. The van der Waals surface area contributed by atoms with E-state index in [9.17, 15) is 4.79 Å². The SMILES string of the molecule is CC1CC(C)N(Cc2ccc(C(=O)NN)cc2)C1. The van der Waals surface area contributed by atoms with Crippen molar-refractivity contribution in [3.05, 3.63) is 35.4 Å². The smallest absolute Gasteiger partial charge is 0.265 e. The van der Waals surface area contributed by atoms with Crippen LogP contribution in [0.15, 0.2) is 24.3 Å². The van der Waals surface area contributed by atoms with E-state index in [-0.39, 0.29) is 5.91 Å². The predicted molar refractivity (Wildman–Crippen MR) is 71.7 cm³/mol. The Kier molecular flexibility index (Phi) is 3.99. The Balaban J connectivity index is 2.00. The molecule has 1 fully saturated rings. The van der Waals surface area contributed by atoms with Gasteiger partial charge in [-0.05, 0) is 37.0 Å². The molecule has 2 rings (SSSR count). The summed E-state index contributed by atoms with van der Waals surface area (Å²) in [5.74, 6) is 5.63. The largest absolute Gasteiger partial charge is 0.296 e. The number of rotatable bonds is 3. The molecule has 0 bridgehead atoms. The topological polar surface area (TPSA) is 58.4 Å². The lowest BCUT2D eigenvalue weighted by Gasteiger charge is -2.21. The van der Waals surface area contributed by atoms with Gasteiger partial charge in [-0.2, -0.15) is 0 Å². The fraction of sp³-hybridized carbons (Fsp3) is 0.500. The highest BCUT2D eigenvalue weighted by molar-refractivity contribution is 5.93. The maximum atomic E-state index is 11.3. The van der Waals surface area contributed by atoms with Crippen LogP contribution in [-0.4, -0.2) is 23.4 Å². The molecule has 1 aliphatic heterocycles. The van der Waals surface area contributed by atoms with Crippen molar-refractivity contribution in [1.29, 1.82) is 0 Å². The number of benzene rings is 1. The number of nitrogens with zero attached hydrogens (tertiary/aromatic N) is 1. The average molecular weight is 247 g/mol. The van der Waals surface area contributed by atoms with Crippen molar-refractivity contribution in [3.63, 3.8) is 0 Å². The van der Waals surface area contributed by atoms with Gasteiger partial charge in [0.1, 0.15) is 0 Å². The summed E-state index contributed by atoms with van der Waals surface area (Å²) in [5.41, 5.74) is 3.98. The summed E-state index contributed by atoms with van der Waals surface area (Å²) >= 11 is 0. The Morgan fingerprint density at radius 3 is 2.56 bits per heavy atom. The normalized spacial score (nSPS) is 24.2. The Morgan fingerprint density at radius 1 is 1.39 bits per heavy atom. The van der Waals surface area contributed by atoms with Crippen molar-refractivity contribution in [2.75, 3.05) is 6.54 Å². The summed E-state index contributed by atoms with van der Waals surface area (Å²) in [6.07, 6.45) is 1.27. The van der Waals surface area contributed by atoms with Crippen LogP contribution in [0.4, 0.5) is 0 Å². The van der Waals surface area contributed by atoms with E-state index in [0.29, 0.717) is 11.6 Å². The highest BCUT2D eigenvalue weighted by Gasteiger charge is 2.25. The molecule has 4 nitrogen and oxygen atoms in total. The minimum Gasteiger partial charge on any atom is -0.296 e. The number of carbonyl (C=O) groups excluding carboxylic acids is 1. The molecule has 2 atom stereocenters. The summed E-state index contributed by atoms with van der Waals surface area (Å²) < 4.78 is 0. The number of amides is 1. The van der Waals surface area contributed by atoms with Gasteiger partial charge in [-0.15, -0.1) is 0 Å². The van der Waals surface area contributed by atoms with Crippen molar-refractivity contribution in [1.82, 2.24) is 10.3 Å². The minimum atomic E-state index is -0.246. The highest BCUT2D eigenvalue weighted by atomic mass is 16.2. The zero-order valence-electron chi connectivity index (χ0n) is 11.0. The molecule has 1 aromatic rings. The quantitative estimate of drug-likeness (QED) is 0.484. The predicted octanol–water partition coefficient (Wildman–Crippen LogP) is 1.52. The third-order valence-corrected chi connectivity index (χ3v) is 3.65. The van der Waals surface area contributed by atoms with Gasteiger partial charge in [0.15, 0.2) is 0 Å². The molecule has 1 aromatic carbocycles. The van der Waals surface area contributed by atoms with Crippen LogP contribution in [0.5, 0.6) is 0 Å². The number of carbonyl (C=O) groups is 1. The van der Waals surface area contributed by atoms with Crippen LogP contribution in [0.25, 0.3) is 0 Å². The first-order chi connectivity index (χ1) is 8.60. The van der Waals surface area contributed by atoms with Crippen molar-refractivity contribution in [3.8, 4) is 0 Å². The zero-order chi connectivity index (χ0) is 13.1. The summed E-state index contributed by atoms with van der Waals surface area (Å²) in [4.78, 5) is 13.8. The van der Waals surface area contributed by atoms with Gasteiger partial charge < -0.3 is 0 Å². The van der Waals surface area contributed by atoms with E-state index in [1.807, 2.05) is 24.3 Å². The monoisotopic (exact) mass is 247 g/mol. The van der Waals surface area contributed by atoms with Gasteiger partial charge in [0.25, 0.3) is 5.91 Å². The van der Waals surface area contributed by atoms with Crippen LogP contribution < -0.4 is 11.3 Å². The molecule has 1 aliphatic rings. The molecule has 1 saturated heterocycles. The van der Waals surface area contributed by atoms with E-state index in [2.05, 4.69) is 24.2 Å². The maximum absolute atomic E-state index is 11.3. The van der Waals surface area contributed by atoms with Crippen LogP contribution in [0.3, 0.4) is 0 Å². The lowest BCUT2D eigenvalue weighted by molar-refractivity contribution is 0.0953. The molecule has 0 aromatic heterocycles. The van der Waals surface area contributed by atoms with E-state index >= 15 is 0 Å². The number of nitrogen functional groups attached to an aromatic ring is 1. The lowest BCUT2D eigenvalue weighted by Crippen LogP contribution is -2.30. The Labute approximate surface area is 108 Å². The number of hydrogen-bond donors (Lipinski definition) is 2. The van der Waals surface area contributed by atoms with Crippen LogP contribution in [0.1, 0.15) is 36.2 Å². The van der Waals surface area contributed by atoms with Crippen molar-refractivity contribution >= 4 is 5.91 Å². The second-order valence-electron chi connectivity index (χ2n) is 5.29. The van der Waals surface area contributed by atoms with Gasteiger partial charge in [0, 0.05) is 24.7 Å². The second-order valence-corrected chi connectivity index (χ2v) is 5.29. The van der Waals surface area contributed by atoms with Crippen LogP contribution in [0.2, 0.25) is 0 Å². The molecule has 0 radical (unpaired) electrons. The second kappa shape index (κ2) is 5.50. The molecule has 98 valence electrons. The number of hydrazine groups is 1. The molecule has 18 heavy (non-hydrogen) atoms. The van der Waals surface area contributed by atoms with E-state index < -0.39 is 0 Å². The van der Waals surface area contributed by atoms with E-state index in [1.165, 1.54) is 12.0 Å². The van der Waals surface area contributed by atoms with Crippen LogP contribution in [-0.2, 0) is 6.54 Å². The van der Waals surface area contributed by atoms with Crippen LogP contribution in [0, 0.1) is 5.92 Å². The molecule has 4 heteroatoms. The Morgan fingerprint density at radius 2 is 2.06 bits per heavy atom. The lowest BCUT2D eigenvalue weighted by atomic mass is 10.1. The molecule has 3 N–H and O–H groups in total. The van der Waals surface area contributed by atoms with Gasteiger partial charge in [-0.3, -0.25) is 15.1 Å². The van der Waals surface area contributed by atoms with Gasteiger partial charge in [0.2, 0.25) is 0 Å². The molecule has 1 heterocycles. The van der Waals surface area contributed by atoms with Crippen molar-refractivity contribution in [2.45, 2.75) is 32.9 Å². The zero-order valence-corrected chi connectivity index (χ0v) is 11.0. The maximum Gasteiger partial charge on any atom is 0.265 e. The highest BCUT2D eigenvalue weighted by Crippen LogP contribution is 2.24. The molecule has 0 spiro atoms.